The molecule has 2 N–H and O–H groups in total. The standard InChI is InChI=1S/C15H19F3N2O4S/c1-2-10-3-4-13(21)12(9-10)14(22)19-11-5-7-20(8-6-11)25(23,24)15(16,17)18/h3-4,9,11,21H,2,5-8H2,1H3,(H,19,22). The number of piperidine rings is 1. The van der Waals surface area contributed by atoms with E-state index in [0.29, 0.717) is 10.7 Å². The maximum atomic E-state index is 12.5. The van der Waals surface area contributed by atoms with E-state index in [4.69, 9.17) is 0 Å². The molecule has 1 fully saturated rings. The van der Waals surface area contributed by atoms with E-state index in [1.165, 1.54) is 6.07 Å². The monoisotopic (exact) mass is 380 g/mol. The van der Waals surface area contributed by atoms with Gasteiger partial charge in [0.2, 0.25) is 0 Å². The number of nitrogens with one attached hydrogen (secondary N) is 1. The second-order valence-electron chi connectivity index (χ2n) is 5.80. The molecule has 1 heterocycles. The Hall–Kier alpha value is -1.81. The Morgan fingerprint density at radius 1 is 1.32 bits per heavy atom. The number of carbonyl (C=O) groups excluding carboxylic acids is 1. The van der Waals surface area contributed by atoms with Crippen LogP contribution < -0.4 is 5.32 Å². The van der Waals surface area contributed by atoms with E-state index in [1.807, 2.05) is 6.92 Å². The van der Waals surface area contributed by atoms with Crippen LogP contribution in [-0.4, -0.2) is 48.4 Å². The number of halogens is 3. The number of alkyl halides is 3. The van der Waals surface area contributed by atoms with Crippen molar-refractivity contribution < 1.29 is 31.5 Å². The minimum absolute atomic E-state index is 0.0648. The number of aryl methyl sites for hydroxylation is 1. The molecule has 0 aromatic heterocycles. The van der Waals surface area contributed by atoms with E-state index in [-0.39, 0.29) is 37.2 Å². The number of amides is 1. The summed E-state index contributed by atoms with van der Waals surface area (Å²) in [5.74, 6) is -0.725. The first-order chi connectivity index (χ1) is 11.6. The van der Waals surface area contributed by atoms with Crippen molar-refractivity contribution in [2.45, 2.75) is 37.7 Å². The van der Waals surface area contributed by atoms with E-state index in [0.717, 1.165) is 5.56 Å². The van der Waals surface area contributed by atoms with Crippen molar-refractivity contribution in [2.75, 3.05) is 13.1 Å². The lowest BCUT2D eigenvalue weighted by molar-refractivity contribution is -0.0495. The zero-order valence-corrected chi connectivity index (χ0v) is 14.3. The quantitative estimate of drug-likeness (QED) is 0.837. The highest BCUT2D eigenvalue weighted by atomic mass is 32.2. The number of carbonyl (C=O) groups is 1. The molecule has 0 radical (unpaired) electrons. The van der Waals surface area contributed by atoms with Crippen LogP contribution in [-0.2, 0) is 16.4 Å². The van der Waals surface area contributed by atoms with Crippen molar-refractivity contribution in [1.29, 1.82) is 0 Å². The van der Waals surface area contributed by atoms with Gasteiger partial charge >= 0.3 is 15.5 Å². The van der Waals surface area contributed by atoms with Crippen molar-refractivity contribution in [3.63, 3.8) is 0 Å². The number of sulfonamides is 1. The fraction of sp³-hybridized carbons (Fsp3) is 0.533. The smallest absolute Gasteiger partial charge is 0.507 e. The largest absolute Gasteiger partial charge is 0.511 e. The first-order valence-corrected chi connectivity index (χ1v) is 9.19. The van der Waals surface area contributed by atoms with Gasteiger partial charge in [-0.15, -0.1) is 0 Å². The van der Waals surface area contributed by atoms with E-state index in [9.17, 15) is 31.5 Å². The second-order valence-corrected chi connectivity index (χ2v) is 7.73. The Morgan fingerprint density at radius 3 is 2.44 bits per heavy atom. The number of hydrogen-bond donors (Lipinski definition) is 2. The van der Waals surface area contributed by atoms with E-state index < -0.39 is 27.5 Å². The third kappa shape index (κ3) is 4.24. The highest BCUT2D eigenvalue weighted by Gasteiger charge is 2.50. The fourth-order valence-corrected chi connectivity index (χ4v) is 3.62. The molecular weight excluding hydrogens is 361 g/mol. The van der Waals surface area contributed by atoms with Gasteiger partial charge in [-0.3, -0.25) is 4.79 Å². The van der Waals surface area contributed by atoms with E-state index in [1.54, 1.807) is 12.1 Å². The number of aromatic hydroxyl groups is 1. The van der Waals surface area contributed by atoms with Crippen LogP contribution in [0.3, 0.4) is 0 Å². The first kappa shape index (κ1) is 19.5. The molecule has 0 saturated carbocycles. The summed E-state index contributed by atoms with van der Waals surface area (Å²) in [7, 11) is -5.34. The third-order valence-electron chi connectivity index (χ3n) is 4.14. The molecule has 0 spiro atoms. The molecule has 25 heavy (non-hydrogen) atoms. The normalized spacial score (nSPS) is 17.4. The molecule has 1 saturated heterocycles. The van der Waals surface area contributed by atoms with Gasteiger partial charge in [0.15, 0.2) is 0 Å². The highest BCUT2D eigenvalue weighted by Crippen LogP contribution is 2.29. The molecule has 1 aliphatic rings. The summed E-state index contributed by atoms with van der Waals surface area (Å²) in [5, 5.41) is 12.4. The van der Waals surface area contributed by atoms with Crippen molar-refractivity contribution in [2.24, 2.45) is 0 Å². The van der Waals surface area contributed by atoms with Gasteiger partial charge in [-0.25, -0.2) is 8.42 Å². The Morgan fingerprint density at radius 2 is 1.92 bits per heavy atom. The van der Waals surface area contributed by atoms with Gasteiger partial charge in [-0.1, -0.05) is 13.0 Å². The number of hydrogen-bond acceptors (Lipinski definition) is 4. The summed E-state index contributed by atoms with van der Waals surface area (Å²) in [4.78, 5) is 12.3. The van der Waals surface area contributed by atoms with Crippen LogP contribution >= 0.6 is 0 Å². The summed E-state index contributed by atoms with van der Waals surface area (Å²) in [5.41, 5.74) is -4.38. The average molecular weight is 380 g/mol. The van der Waals surface area contributed by atoms with Crippen LogP contribution in [0.15, 0.2) is 18.2 Å². The van der Waals surface area contributed by atoms with Gasteiger partial charge in [-0.05, 0) is 37.0 Å². The molecule has 0 atom stereocenters. The van der Waals surface area contributed by atoms with Crippen LogP contribution in [0.2, 0.25) is 0 Å². The molecule has 10 heteroatoms. The number of benzene rings is 1. The maximum absolute atomic E-state index is 12.5. The molecule has 0 aliphatic carbocycles. The predicted octanol–water partition coefficient (Wildman–Crippen LogP) is 2.00. The van der Waals surface area contributed by atoms with Gasteiger partial charge < -0.3 is 10.4 Å². The van der Waals surface area contributed by atoms with Crippen LogP contribution in [0.1, 0.15) is 35.7 Å². The van der Waals surface area contributed by atoms with Gasteiger partial charge in [-0.2, -0.15) is 17.5 Å². The molecule has 1 amide bonds. The van der Waals surface area contributed by atoms with E-state index in [2.05, 4.69) is 5.32 Å². The molecule has 2 rings (SSSR count). The first-order valence-electron chi connectivity index (χ1n) is 7.75. The molecule has 1 aromatic carbocycles. The van der Waals surface area contributed by atoms with Crippen molar-refractivity contribution in [3.8, 4) is 5.75 Å². The summed E-state index contributed by atoms with van der Waals surface area (Å²) in [6, 6.07) is 4.18. The van der Waals surface area contributed by atoms with Gasteiger partial charge in [0.1, 0.15) is 5.75 Å². The molecule has 1 aliphatic heterocycles. The molecule has 6 nitrogen and oxygen atoms in total. The second kappa shape index (κ2) is 7.20. The summed E-state index contributed by atoms with van der Waals surface area (Å²) in [6.07, 6.45) is 0.804. The van der Waals surface area contributed by atoms with Gasteiger partial charge in [0.05, 0.1) is 5.56 Å². The zero-order valence-electron chi connectivity index (χ0n) is 13.5. The van der Waals surface area contributed by atoms with Crippen LogP contribution in [0, 0.1) is 0 Å². The topological polar surface area (TPSA) is 86.7 Å². The molecular formula is C15H19F3N2O4S. The fourth-order valence-electron chi connectivity index (χ4n) is 2.64. The van der Waals surface area contributed by atoms with Gasteiger partial charge in [0.25, 0.3) is 5.91 Å². The van der Waals surface area contributed by atoms with Crippen LogP contribution in [0.5, 0.6) is 5.75 Å². The molecule has 0 bridgehead atoms. The SMILES string of the molecule is CCc1ccc(O)c(C(=O)NC2CCN(S(=O)(=O)C(F)(F)F)CC2)c1. The molecule has 1 aromatic rings. The summed E-state index contributed by atoms with van der Waals surface area (Å²) >= 11 is 0. The Bertz CT molecular complexity index is 742. The third-order valence-corrected chi connectivity index (χ3v) is 5.77. The summed E-state index contributed by atoms with van der Waals surface area (Å²) < 4.78 is 60.7. The molecule has 140 valence electrons. The Labute approximate surface area is 143 Å². The number of rotatable bonds is 4. The summed E-state index contributed by atoms with van der Waals surface area (Å²) in [6.45, 7) is 1.24. The van der Waals surface area contributed by atoms with Gasteiger partial charge in [0, 0.05) is 19.1 Å². The Kier molecular flexibility index (Phi) is 5.62. The number of phenolic OH excluding ortho intramolecular Hbond substituents is 1. The van der Waals surface area contributed by atoms with Crippen molar-refractivity contribution in [3.05, 3.63) is 29.3 Å². The lowest BCUT2D eigenvalue weighted by atomic mass is 10.0. The van der Waals surface area contributed by atoms with Crippen LogP contribution in [0.25, 0.3) is 0 Å². The van der Waals surface area contributed by atoms with Crippen LogP contribution in [0.4, 0.5) is 13.2 Å². The number of nitrogens with zero attached hydrogens (tertiary/aromatic N) is 1. The van der Waals surface area contributed by atoms with E-state index >= 15 is 0 Å². The molecule has 0 unspecified atom stereocenters. The van der Waals surface area contributed by atoms with Crippen molar-refractivity contribution >= 4 is 15.9 Å². The highest BCUT2D eigenvalue weighted by molar-refractivity contribution is 7.90. The minimum atomic E-state index is -5.34. The zero-order chi connectivity index (χ0) is 18.8. The average Bonchev–Trinajstić information content (AvgIpc) is 2.54. The van der Waals surface area contributed by atoms with Crippen molar-refractivity contribution in [1.82, 2.24) is 9.62 Å². The lowest BCUT2D eigenvalue weighted by Crippen LogP contribution is -2.49. The lowest BCUT2D eigenvalue weighted by Gasteiger charge is -2.31. The Balaban J connectivity index is 2.00. The predicted molar refractivity (Wildman–Crippen MR) is 84.5 cm³/mol. The minimum Gasteiger partial charge on any atom is -0.507 e. The number of phenols is 1. The maximum Gasteiger partial charge on any atom is 0.511 e.